The van der Waals surface area contributed by atoms with Crippen molar-refractivity contribution in [1.82, 2.24) is 29.9 Å². The Morgan fingerprint density at radius 3 is 1.41 bits per heavy atom. The van der Waals surface area contributed by atoms with Crippen molar-refractivity contribution in [2.75, 3.05) is 14.2 Å². The first-order valence-corrected chi connectivity index (χ1v) is 28.7. The van der Waals surface area contributed by atoms with Gasteiger partial charge in [0.15, 0.2) is 0 Å². The molecule has 14 rings (SSSR count). The van der Waals surface area contributed by atoms with E-state index in [1.54, 1.807) is 54.6 Å². The molecule has 13 nitrogen and oxygen atoms in total. The van der Waals surface area contributed by atoms with Gasteiger partial charge in [-0.2, -0.15) is 21.6 Å². The molecule has 19 heteroatoms. The normalized spacial score (nSPS) is 16.1. The van der Waals surface area contributed by atoms with Gasteiger partial charge in [0.05, 0.1) is 22.3 Å². The molecule has 0 spiro atoms. The van der Waals surface area contributed by atoms with Crippen molar-refractivity contribution < 1.29 is 113 Å². The second-order valence-corrected chi connectivity index (χ2v) is 20.8. The first-order chi connectivity index (χ1) is 52.1. The summed E-state index contributed by atoms with van der Waals surface area (Å²) in [5.41, 5.74) is 4.69. The van der Waals surface area contributed by atoms with Gasteiger partial charge in [0, 0.05) is 139 Å². The molecular formula is C75H68F3Ir2N6O7S-3. The van der Waals surface area contributed by atoms with Crippen molar-refractivity contribution >= 4 is 76.1 Å². The van der Waals surface area contributed by atoms with E-state index in [0.29, 0.717) is 73.2 Å². The van der Waals surface area contributed by atoms with Crippen LogP contribution in [-0.4, -0.2) is 72.8 Å². The quantitative estimate of drug-likeness (QED) is 0.0808. The van der Waals surface area contributed by atoms with Crippen LogP contribution < -0.4 is 0 Å². The van der Waals surface area contributed by atoms with E-state index in [4.69, 9.17) is 59.4 Å². The monoisotopic (exact) mass is 1660 g/mol. The molecule has 8 aromatic heterocycles. The maximum atomic E-state index is 10.7. The van der Waals surface area contributed by atoms with Crippen LogP contribution in [0.25, 0.3) is 111 Å². The number of para-hydroxylation sites is 3. The zero-order valence-electron chi connectivity index (χ0n) is 69.9. The SMILES string of the molecule is CO.CO.O=S(=O)(O)C(F)(F)F.[2H]C([2H])([2H])C([2H])(C)c1ccnc(-c2[c-]ccc3c2oc2nc4ccccc4cc23)c1.[2H]C([2H])([2H])C([2H])(C)c1ccnc(-c2cccc3c2oc2nc4ccccc4cc23)c1.[2H]C([2H])([2H])c1c[c-]c(-c2ccc(C([2H])([2H])[2H])cn2)cc1.[2H]C([2H])([2H])c1c[c-]c(-c2ccc(C([2H])([2H])[2H])cn2)cc1.[Ir].[Ir]. The Morgan fingerprint density at radius 2 is 0.968 bits per heavy atom. The first kappa shape index (κ1) is 49.8. The Hall–Kier alpha value is -8.74. The molecule has 2 unspecified atom stereocenters. The van der Waals surface area contributed by atoms with Crippen molar-refractivity contribution in [3.05, 3.63) is 252 Å². The molecule has 2 atom stereocenters. The summed E-state index contributed by atoms with van der Waals surface area (Å²) in [5, 5.41) is 19.6. The minimum atomic E-state index is -5.84. The number of hydrogen-bond acceptors (Lipinski definition) is 12. The molecule has 0 amide bonds. The maximum absolute atomic E-state index is 10.7. The van der Waals surface area contributed by atoms with Crippen LogP contribution in [0.3, 0.4) is 0 Å². The molecular weight excluding hydrogens is 1570 g/mol. The van der Waals surface area contributed by atoms with E-state index in [-0.39, 0.29) is 62.5 Å². The number of rotatable bonds is 6. The summed E-state index contributed by atoms with van der Waals surface area (Å²) in [5.74, 6) is -3.50. The van der Waals surface area contributed by atoms with Gasteiger partial charge in [-0.05, 0) is 108 Å². The molecule has 3 N–H and O–H groups in total. The van der Waals surface area contributed by atoms with Crippen molar-refractivity contribution in [1.29, 1.82) is 0 Å². The molecule has 0 bridgehead atoms. The van der Waals surface area contributed by atoms with E-state index >= 15 is 0 Å². The number of benzene rings is 6. The fraction of sp³-hybridized carbons (Fsp3) is 0.173. The number of aromatic nitrogens is 6. The van der Waals surface area contributed by atoms with E-state index in [1.165, 1.54) is 75.0 Å². The Balaban J connectivity index is 0.000000228. The van der Waals surface area contributed by atoms with Crippen molar-refractivity contribution in [3.63, 3.8) is 0 Å². The molecule has 0 fully saturated rings. The molecule has 0 saturated heterocycles. The molecule has 0 aliphatic rings. The van der Waals surface area contributed by atoms with Gasteiger partial charge in [-0.3, -0.25) is 9.54 Å². The number of fused-ring (bicyclic) bond motifs is 8. The van der Waals surface area contributed by atoms with E-state index < -0.39 is 68.5 Å². The summed E-state index contributed by atoms with van der Waals surface area (Å²) >= 11 is 0. The molecule has 2 radical (unpaired) electrons. The maximum Gasteiger partial charge on any atom is 0.522 e. The van der Waals surface area contributed by atoms with Crippen molar-refractivity contribution in [2.24, 2.45) is 0 Å². The second-order valence-electron chi connectivity index (χ2n) is 19.4. The zero-order valence-corrected chi connectivity index (χ0v) is 55.5. The van der Waals surface area contributed by atoms with Gasteiger partial charge in [0.2, 0.25) is 11.4 Å². The predicted molar refractivity (Wildman–Crippen MR) is 361 cm³/mol. The first-order valence-electron chi connectivity index (χ1n) is 37.3. The molecule has 488 valence electrons. The minimum absolute atomic E-state index is 0. The average Bonchev–Trinajstić information content (AvgIpc) is 1.59. The van der Waals surface area contributed by atoms with E-state index in [2.05, 4.69) is 54.2 Å². The number of hydrogen-bond donors (Lipinski definition) is 3. The summed E-state index contributed by atoms with van der Waals surface area (Å²) in [4.78, 5) is 26.3. The van der Waals surface area contributed by atoms with Gasteiger partial charge in [-0.1, -0.05) is 137 Å². The number of furan rings is 2. The van der Waals surface area contributed by atoms with Crippen LogP contribution in [-0.2, 0) is 50.3 Å². The standard InChI is InChI=1S/C23H18N2O.C23H17N2O.2C13H12N.CHF3O3S.2CH4O.2Ir/c2*1-14(2)15-10-11-24-21(13-15)18-8-5-7-17-19-12-16-6-3-4-9-20(16)25-23(19)26-22(17)18;2*1-10-3-6-12(7-4-10)13-8-5-11(2)9-14-13;2-1(3,4)8(5,6)7;2*1-2;;/h3-14H,1-2H3;3-7,9-14H,1-2H3;2*3-6,8-9H,1-2H3;(H,5,6,7);2*2H,1H3;;/q;3*-1;;;;;/i2*1D3,14D;2*1D3,2D3;;;;;. The third-order valence-corrected chi connectivity index (χ3v) is 13.8. The van der Waals surface area contributed by atoms with Crippen molar-refractivity contribution in [2.45, 2.75) is 72.3 Å². The molecule has 94 heavy (non-hydrogen) atoms. The molecule has 8 heterocycles. The van der Waals surface area contributed by atoms with Crippen LogP contribution in [0.5, 0.6) is 0 Å². The predicted octanol–water partition coefficient (Wildman–Crippen LogP) is 18.4. The van der Waals surface area contributed by atoms with Gasteiger partial charge in [-0.25, -0.2) is 9.97 Å². The van der Waals surface area contributed by atoms with Crippen LogP contribution in [0, 0.1) is 45.6 Å². The van der Waals surface area contributed by atoms with Crippen LogP contribution in [0.2, 0.25) is 0 Å². The molecule has 0 saturated carbocycles. The topological polar surface area (TPSA) is 198 Å². The number of pyridine rings is 6. The number of aliphatic hydroxyl groups excluding tert-OH is 2. The Morgan fingerprint density at radius 1 is 0.511 bits per heavy atom. The summed E-state index contributed by atoms with van der Waals surface area (Å²) in [6.07, 6.45) is 5.66. The number of alkyl halides is 3. The van der Waals surface area contributed by atoms with Crippen LogP contribution in [0.15, 0.2) is 210 Å². The largest absolute Gasteiger partial charge is 0.522 e. The smallest absolute Gasteiger partial charge is 0.486 e. The fourth-order valence-electron chi connectivity index (χ4n) is 8.87. The number of halogens is 3. The third kappa shape index (κ3) is 18.6. The molecule has 0 aliphatic heterocycles. The van der Waals surface area contributed by atoms with Gasteiger partial charge < -0.3 is 34.0 Å². The molecule has 14 aromatic rings. The van der Waals surface area contributed by atoms with E-state index in [1.807, 2.05) is 78.9 Å². The van der Waals surface area contributed by atoms with E-state index in [0.717, 1.165) is 63.1 Å². The Kier molecular flexibility index (Phi) is 18.0. The van der Waals surface area contributed by atoms with Gasteiger partial charge in [0.1, 0.15) is 5.58 Å². The molecule has 0 aliphatic carbocycles. The third-order valence-electron chi connectivity index (χ3n) is 13.2. The number of nitrogens with zero attached hydrogens (tertiary/aromatic N) is 6. The van der Waals surface area contributed by atoms with Gasteiger partial charge >= 0.3 is 15.6 Å². The minimum Gasteiger partial charge on any atom is -0.486 e. The average molecular weight is 1660 g/mol. The summed E-state index contributed by atoms with van der Waals surface area (Å²) < 4.78 is 220. The second kappa shape index (κ2) is 33.9. The van der Waals surface area contributed by atoms with Crippen molar-refractivity contribution in [3.8, 4) is 45.0 Å². The number of aryl methyl sites for hydroxylation is 4. The van der Waals surface area contributed by atoms with Gasteiger partial charge in [0.25, 0.3) is 0 Å². The molecule has 6 aromatic carbocycles. The fourth-order valence-corrected chi connectivity index (χ4v) is 8.87. The van der Waals surface area contributed by atoms with Crippen LogP contribution in [0.1, 0.15) is 100 Å². The van der Waals surface area contributed by atoms with Crippen LogP contribution >= 0.6 is 0 Å². The number of aliphatic hydroxyl groups is 2. The summed E-state index contributed by atoms with van der Waals surface area (Å²) in [7, 11) is -3.84. The van der Waals surface area contributed by atoms with E-state index in [9.17, 15) is 13.2 Å². The zero-order chi connectivity index (χ0) is 83.1. The van der Waals surface area contributed by atoms with Gasteiger partial charge in [-0.15, -0.1) is 89.0 Å². The summed E-state index contributed by atoms with van der Waals surface area (Å²) in [6, 6.07) is 59.8. The Bertz CT molecular complexity index is 5280. The van der Waals surface area contributed by atoms with Crippen LogP contribution in [0.4, 0.5) is 13.2 Å². The Labute approximate surface area is 599 Å². The summed E-state index contributed by atoms with van der Waals surface area (Å²) in [6.45, 7) is -10.8.